The third-order valence-electron chi connectivity index (χ3n) is 7.49. The molecule has 2 N–H and O–H groups in total. The van der Waals surface area contributed by atoms with Gasteiger partial charge in [0.1, 0.15) is 11.2 Å². The summed E-state index contributed by atoms with van der Waals surface area (Å²) in [5.41, 5.74) is -1.67. The second kappa shape index (κ2) is 16.6. The van der Waals surface area contributed by atoms with Gasteiger partial charge in [-0.3, -0.25) is 0 Å². The number of ether oxygens (including phenoxy) is 5. The minimum atomic E-state index is -1.92. The highest BCUT2D eigenvalue weighted by molar-refractivity contribution is 6.74. The van der Waals surface area contributed by atoms with Crippen molar-refractivity contribution in [1.82, 2.24) is 9.97 Å². The number of carbonyl (C=O) groups excluding carboxylic acids is 2. The lowest BCUT2D eigenvalue weighted by molar-refractivity contribution is 0.0569. The minimum absolute atomic E-state index is 0.0436. The molecule has 17 heteroatoms. The molecule has 0 saturated carbocycles. The van der Waals surface area contributed by atoms with Gasteiger partial charge in [-0.2, -0.15) is 9.88 Å². The highest BCUT2D eigenvalue weighted by Gasteiger charge is 2.38. The first-order chi connectivity index (χ1) is 23.3. The lowest BCUT2D eigenvalue weighted by atomic mass is 10.0. The number of amides is 4. The van der Waals surface area contributed by atoms with Crippen LogP contribution >= 0.6 is 0 Å². The Bertz CT molecular complexity index is 1550. The van der Waals surface area contributed by atoms with E-state index in [1.807, 2.05) is 0 Å². The molecule has 4 amide bonds. The Balaban J connectivity index is 2.59. The molecule has 1 aromatic heterocycles. The molecule has 0 unspecified atom stereocenters. The van der Waals surface area contributed by atoms with Crippen LogP contribution in [0.3, 0.4) is 0 Å². The summed E-state index contributed by atoms with van der Waals surface area (Å²) in [5.74, 6) is -0.382. The maximum Gasteiger partial charge on any atom is 0.427 e. The first kappa shape index (κ1) is 42.5. The summed E-state index contributed by atoms with van der Waals surface area (Å²) < 4.78 is 34.0. The van der Waals surface area contributed by atoms with Gasteiger partial charge in [-0.1, -0.05) is 20.8 Å². The Labute approximate surface area is 300 Å². The average Bonchev–Trinajstić information content (AvgIpc) is 2.95. The molecule has 2 rings (SSSR count). The third kappa shape index (κ3) is 12.0. The van der Waals surface area contributed by atoms with Crippen molar-refractivity contribution in [2.45, 2.75) is 104 Å². The topological polar surface area (TPSA) is 196 Å². The summed E-state index contributed by atoms with van der Waals surface area (Å²) in [6, 6.07) is 3.26. The van der Waals surface area contributed by atoms with Crippen LogP contribution < -0.4 is 24.0 Å². The predicted octanol–water partition coefficient (Wildman–Crippen LogP) is 7.71. The molecule has 0 aliphatic carbocycles. The van der Waals surface area contributed by atoms with E-state index in [-0.39, 0.29) is 26.8 Å². The second-order valence-electron chi connectivity index (χ2n) is 15.0. The van der Waals surface area contributed by atoms with E-state index in [2.05, 4.69) is 43.8 Å². The van der Waals surface area contributed by atoms with Crippen LogP contribution in [0, 0.1) is 0 Å². The molecule has 0 saturated heterocycles. The van der Waals surface area contributed by atoms with E-state index < -0.39 is 55.7 Å². The van der Waals surface area contributed by atoms with Crippen molar-refractivity contribution in [2.24, 2.45) is 0 Å². The minimum Gasteiger partial charge on any atom is -0.493 e. The number of imide groups is 2. The molecule has 51 heavy (non-hydrogen) atoms. The van der Waals surface area contributed by atoms with Crippen LogP contribution in [0.2, 0.25) is 18.1 Å². The lowest BCUT2D eigenvalue weighted by Crippen LogP contribution is -2.43. The number of rotatable bonds is 12. The summed E-state index contributed by atoms with van der Waals surface area (Å²) in [6.07, 6.45) is -4.66. The number of anilines is 2. The molecule has 0 aliphatic heterocycles. The number of methoxy groups -OCH3 is 2. The number of hydrogen-bond acceptors (Lipinski definition) is 12. The number of hydrogen-bond donors (Lipinski definition) is 2. The fourth-order valence-electron chi connectivity index (χ4n) is 4.11. The predicted molar refractivity (Wildman–Crippen MR) is 191 cm³/mol. The molecule has 0 spiro atoms. The van der Waals surface area contributed by atoms with E-state index in [0.717, 1.165) is 6.20 Å². The van der Waals surface area contributed by atoms with Gasteiger partial charge in [0, 0.05) is 31.2 Å². The molecule has 1 heterocycles. The third-order valence-corrected chi connectivity index (χ3v) is 12.0. The van der Waals surface area contributed by atoms with Crippen molar-refractivity contribution in [3.8, 4) is 17.2 Å². The van der Waals surface area contributed by atoms with Crippen LogP contribution in [0.4, 0.5) is 30.9 Å². The van der Waals surface area contributed by atoms with E-state index in [0.29, 0.717) is 42.4 Å². The molecular formula is C34H52N4O12Si. The molecule has 0 fully saturated rings. The van der Waals surface area contributed by atoms with Crippen LogP contribution in [0.1, 0.15) is 79.9 Å². The van der Waals surface area contributed by atoms with E-state index in [1.165, 1.54) is 55.8 Å². The van der Waals surface area contributed by atoms with Gasteiger partial charge in [0.2, 0.25) is 11.7 Å². The van der Waals surface area contributed by atoms with E-state index >= 15 is 0 Å². The van der Waals surface area contributed by atoms with Crippen molar-refractivity contribution in [3.05, 3.63) is 29.5 Å². The fourth-order valence-corrected chi connectivity index (χ4v) is 5.19. The maximum absolute atomic E-state index is 13.2. The number of benzene rings is 1. The largest absolute Gasteiger partial charge is 0.493 e. The molecule has 0 aliphatic rings. The molecule has 16 nitrogen and oxygen atoms in total. The van der Waals surface area contributed by atoms with Crippen molar-refractivity contribution >= 4 is 44.5 Å². The Hall–Kier alpha value is -4.64. The zero-order valence-electron chi connectivity index (χ0n) is 31.8. The van der Waals surface area contributed by atoms with Crippen molar-refractivity contribution < 1.29 is 57.5 Å². The van der Waals surface area contributed by atoms with Gasteiger partial charge in [0.25, 0.3) is 0 Å². The van der Waals surface area contributed by atoms with Gasteiger partial charge >= 0.3 is 24.4 Å². The normalized spacial score (nSPS) is 12.1. The number of nitrogens with zero attached hydrogens (tertiary/aromatic N) is 4. The SMILES string of the molecule is COc1cc(Cc2cnc(N(C(=O)O)C(=O)OC(C)(C)C)nc2N(C(=O)O)C(=O)OC(C)(C)C)cc(OC)c1OCCCO[Si](C)(C)C(C)(C)C. The summed E-state index contributed by atoms with van der Waals surface area (Å²) in [6.45, 7) is 20.9. The number of aromatic nitrogens is 2. The first-order valence-electron chi connectivity index (χ1n) is 16.2. The number of carbonyl (C=O) groups is 4. The van der Waals surface area contributed by atoms with Crippen molar-refractivity contribution in [3.63, 3.8) is 0 Å². The van der Waals surface area contributed by atoms with Crippen LogP contribution in [0.15, 0.2) is 18.3 Å². The molecule has 0 bridgehead atoms. The zero-order valence-corrected chi connectivity index (χ0v) is 32.8. The smallest absolute Gasteiger partial charge is 0.427 e. The van der Waals surface area contributed by atoms with E-state index in [4.69, 9.17) is 28.1 Å². The molecule has 0 radical (unpaired) electrons. The molecule has 1 aromatic carbocycles. The summed E-state index contributed by atoms with van der Waals surface area (Å²) >= 11 is 0. The fraction of sp³-hybridized carbons (Fsp3) is 0.588. The Morgan fingerprint density at radius 1 is 0.784 bits per heavy atom. The van der Waals surface area contributed by atoms with Gasteiger partial charge in [0.15, 0.2) is 25.6 Å². The molecule has 284 valence electrons. The van der Waals surface area contributed by atoms with Crippen LogP contribution in [-0.4, -0.2) is 91.5 Å². The van der Waals surface area contributed by atoms with E-state index in [1.54, 1.807) is 12.1 Å². The average molecular weight is 737 g/mol. The van der Waals surface area contributed by atoms with Gasteiger partial charge in [-0.25, -0.2) is 24.2 Å². The standard InChI is InChI=1S/C34H52N4O12Si/c1-32(2,3)49-30(43)37(28(39)40)26-22(20-35-27(36-26)38(29(41)42)31(44)50-33(4,5)6)17-21-18-23(45-10)25(24(19-21)46-11)47-15-14-16-48-51(12,13)34(7,8)9/h18-20H,14-17H2,1-13H3,(H,39,40)(H,41,42). The Kier molecular flexibility index (Phi) is 13.8. The summed E-state index contributed by atoms with van der Waals surface area (Å²) in [7, 11) is 0.968. The summed E-state index contributed by atoms with van der Waals surface area (Å²) in [5, 5.41) is 20.1. The first-order valence-corrected chi connectivity index (χ1v) is 19.1. The maximum atomic E-state index is 13.2. The van der Waals surface area contributed by atoms with Gasteiger partial charge < -0.3 is 38.3 Å². The van der Waals surface area contributed by atoms with Gasteiger partial charge in [-0.15, -0.1) is 4.90 Å². The number of carboxylic acid groups (broad SMARTS) is 2. The lowest BCUT2D eigenvalue weighted by Gasteiger charge is -2.36. The zero-order chi connectivity index (χ0) is 39.1. The van der Waals surface area contributed by atoms with Gasteiger partial charge in [-0.05, 0) is 77.4 Å². The van der Waals surface area contributed by atoms with Gasteiger partial charge in [0.05, 0.1) is 20.8 Å². The van der Waals surface area contributed by atoms with Crippen molar-refractivity contribution in [2.75, 3.05) is 37.2 Å². The Morgan fingerprint density at radius 3 is 1.71 bits per heavy atom. The van der Waals surface area contributed by atoms with E-state index in [9.17, 15) is 29.4 Å². The Morgan fingerprint density at radius 2 is 1.27 bits per heavy atom. The summed E-state index contributed by atoms with van der Waals surface area (Å²) in [4.78, 5) is 59.2. The highest BCUT2D eigenvalue weighted by atomic mass is 28.4. The van der Waals surface area contributed by atoms with Crippen LogP contribution in [0.25, 0.3) is 0 Å². The van der Waals surface area contributed by atoms with Crippen LogP contribution in [-0.2, 0) is 20.3 Å². The highest BCUT2D eigenvalue weighted by Crippen LogP contribution is 2.40. The second-order valence-corrected chi connectivity index (χ2v) is 19.8. The van der Waals surface area contributed by atoms with Crippen molar-refractivity contribution in [1.29, 1.82) is 0 Å². The molecular weight excluding hydrogens is 684 g/mol. The molecule has 2 aromatic rings. The quantitative estimate of drug-likeness (QED) is 0.159. The monoisotopic (exact) mass is 736 g/mol. The van der Waals surface area contributed by atoms with Crippen LogP contribution in [0.5, 0.6) is 17.2 Å². The molecule has 0 atom stereocenters.